The number of benzene rings is 1. The summed E-state index contributed by atoms with van der Waals surface area (Å²) in [6.45, 7) is 2.62. The molecule has 35 heavy (non-hydrogen) atoms. The van der Waals surface area contributed by atoms with E-state index in [1.807, 2.05) is 0 Å². The average molecular weight is 548 g/mol. The van der Waals surface area contributed by atoms with Crippen LogP contribution >= 0.6 is 15.9 Å². The van der Waals surface area contributed by atoms with Gasteiger partial charge in [-0.25, -0.2) is 18.7 Å². The normalized spacial score (nSPS) is 16.4. The molecule has 0 amide bonds. The van der Waals surface area contributed by atoms with Crippen molar-refractivity contribution in [2.75, 3.05) is 24.7 Å². The van der Waals surface area contributed by atoms with Gasteiger partial charge in [0.05, 0.1) is 28.7 Å². The number of morpholine rings is 1. The number of para-hydroxylation sites is 2. The van der Waals surface area contributed by atoms with Crippen LogP contribution in [0.15, 0.2) is 39.4 Å². The van der Waals surface area contributed by atoms with Crippen LogP contribution in [0.5, 0.6) is 0 Å². The minimum absolute atomic E-state index is 0.0335. The van der Waals surface area contributed by atoms with Crippen LogP contribution < -0.4 is 4.90 Å². The number of hydrogen-bond donors (Lipinski definition) is 0. The van der Waals surface area contributed by atoms with Gasteiger partial charge < -0.3 is 14.1 Å². The number of fused-ring (bicyclic) bond motifs is 1. The lowest BCUT2D eigenvalue weighted by Crippen LogP contribution is -2.50. The highest BCUT2D eigenvalue weighted by molar-refractivity contribution is 9.10. The zero-order valence-electron chi connectivity index (χ0n) is 18.6. The Labute approximate surface area is 206 Å². The first-order chi connectivity index (χ1) is 16.9. The molecule has 4 heterocycles. The molecule has 3 aromatic heterocycles. The standard InChI is InChI=1S/C22H20BrF2N7O3/c1-12-29-30-18(35-12)7-6-17(33)16-11-34-9-8-31(16)20-13(23)10-26-22(28-20)32-15-5-3-2-4-14(15)27-21(32)19(24)25/h2-5,10,16,19H,6-9,11H2,1H3. The molecular formula is C22H20BrF2N7O3. The highest BCUT2D eigenvalue weighted by atomic mass is 79.9. The molecule has 1 unspecified atom stereocenters. The number of hydrogen-bond acceptors (Lipinski definition) is 9. The number of rotatable bonds is 7. The monoisotopic (exact) mass is 547 g/mol. The molecule has 1 aliphatic rings. The molecule has 1 aliphatic heterocycles. The summed E-state index contributed by atoms with van der Waals surface area (Å²) in [7, 11) is 0. The number of carbonyl (C=O) groups is 1. The van der Waals surface area contributed by atoms with Gasteiger partial charge in [-0.3, -0.25) is 9.36 Å². The summed E-state index contributed by atoms with van der Waals surface area (Å²) in [5, 5.41) is 7.71. The number of ketones is 1. The Balaban J connectivity index is 1.48. The molecule has 0 N–H and O–H groups in total. The van der Waals surface area contributed by atoms with E-state index in [1.54, 1.807) is 36.1 Å². The molecule has 10 nitrogen and oxygen atoms in total. The first kappa shape index (κ1) is 23.4. The summed E-state index contributed by atoms with van der Waals surface area (Å²) >= 11 is 3.46. The zero-order chi connectivity index (χ0) is 24.5. The highest BCUT2D eigenvalue weighted by Crippen LogP contribution is 2.31. The van der Waals surface area contributed by atoms with Gasteiger partial charge >= 0.3 is 0 Å². The quantitative estimate of drug-likeness (QED) is 0.342. The lowest BCUT2D eigenvalue weighted by atomic mass is 10.1. The molecular weight excluding hydrogens is 528 g/mol. The van der Waals surface area contributed by atoms with Crippen LogP contribution in [-0.4, -0.2) is 61.3 Å². The van der Waals surface area contributed by atoms with Gasteiger partial charge in [0.1, 0.15) is 11.9 Å². The Morgan fingerprint density at radius 3 is 2.86 bits per heavy atom. The maximum atomic E-state index is 13.8. The van der Waals surface area contributed by atoms with Crippen LogP contribution in [0.2, 0.25) is 0 Å². The zero-order valence-corrected chi connectivity index (χ0v) is 20.2. The maximum Gasteiger partial charge on any atom is 0.296 e. The highest BCUT2D eigenvalue weighted by Gasteiger charge is 2.32. The van der Waals surface area contributed by atoms with E-state index in [0.29, 0.717) is 52.7 Å². The van der Waals surface area contributed by atoms with E-state index in [9.17, 15) is 13.6 Å². The van der Waals surface area contributed by atoms with Crippen LogP contribution in [0.4, 0.5) is 14.6 Å². The number of nitrogens with zero attached hydrogens (tertiary/aromatic N) is 7. The van der Waals surface area contributed by atoms with Crippen molar-refractivity contribution in [3.63, 3.8) is 0 Å². The number of aryl methyl sites for hydroxylation is 2. The van der Waals surface area contributed by atoms with Gasteiger partial charge in [0.2, 0.25) is 17.7 Å². The largest absolute Gasteiger partial charge is 0.426 e. The van der Waals surface area contributed by atoms with Crippen LogP contribution in [0.25, 0.3) is 17.0 Å². The molecule has 4 aromatic rings. The second kappa shape index (κ2) is 9.74. The van der Waals surface area contributed by atoms with Crippen LogP contribution in [0, 0.1) is 6.92 Å². The minimum Gasteiger partial charge on any atom is -0.426 e. The van der Waals surface area contributed by atoms with Crippen molar-refractivity contribution < 1.29 is 22.7 Å². The van der Waals surface area contributed by atoms with Crippen LogP contribution in [-0.2, 0) is 16.0 Å². The predicted octanol–water partition coefficient (Wildman–Crippen LogP) is 3.61. The number of carbonyl (C=O) groups excluding carboxylic acids is 1. The van der Waals surface area contributed by atoms with E-state index < -0.39 is 18.3 Å². The molecule has 0 aliphatic carbocycles. The number of imidazole rings is 1. The molecule has 1 fully saturated rings. The van der Waals surface area contributed by atoms with Crippen molar-refractivity contribution >= 4 is 38.6 Å². The van der Waals surface area contributed by atoms with Crippen LogP contribution in [0.3, 0.4) is 0 Å². The van der Waals surface area contributed by atoms with E-state index in [2.05, 4.69) is 41.1 Å². The fraction of sp³-hybridized carbons (Fsp3) is 0.364. The molecule has 1 aromatic carbocycles. The van der Waals surface area contributed by atoms with Crippen molar-refractivity contribution in [3.05, 3.63) is 52.5 Å². The van der Waals surface area contributed by atoms with Crippen molar-refractivity contribution in [2.45, 2.75) is 32.2 Å². The van der Waals surface area contributed by atoms with Crippen molar-refractivity contribution in [2.24, 2.45) is 0 Å². The number of ether oxygens (including phenoxy) is 1. The summed E-state index contributed by atoms with van der Waals surface area (Å²) in [6.07, 6.45) is -0.869. The van der Waals surface area contributed by atoms with Gasteiger partial charge in [0.15, 0.2) is 11.6 Å². The molecule has 5 rings (SSSR count). The third-order valence-corrected chi connectivity index (χ3v) is 6.18. The molecule has 1 saturated heterocycles. The number of alkyl halides is 2. The van der Waals surface area contributed by atoms with Crippen molar-refractivity contribution in [1.29, 1.82) is 0 Å². The number of halogens is 3. The van der Waals surface area contributed by atoms with Crippen molar-refractivity contribution in [3.8, 4) is 5.95 Å². The first-order valence-corrected chi connectivity index (χ1v) is 11.7. The molecule has 1 atom stereocenters. The smallest absolute Gasteiger partial charge is 0.296 e. The molecule has 0 radical (unpaired) electrons. The van der Waals surface area contributed by atoms with E-state index >= 15 is 0 Å². The minimum atomic E-state index is -2.83. The summed E-state index contributed by atoms with van der Waals surface area (Å²) < 4.78 is 40.4. The molecule has 0 spiro atoms. The number of aromatic nitrogens is 6. The molecule has 0 bridgehead atoms. The Morgan fingerprint density at radius 1 is 1.26 bits per heavy atom. The third-order valence-electron chi connectivity index (χ3n) is 5.62. The summed E-state index contributed by atoms with van der Waals surface area (Å²) in [5.41, 5.74) is 0.868. The van der Waals surface area contributed by atoms with Gasteiger partial charge in [0, 0.05) is 32.5 Å². The number of Topliss-reactive ketones (excluding diaryl/α,β-unsaturated/α-hetero) is 1. The van der Waals surface area contributed by atoms with E-state index in [0.717, 1.165) is 0 Å². The molecule has 13 heteroatoms. The van der Waals surface area contributed by atoms with Gasteiger partial charge in [-0.05, 0) is 28.1 Å². The van der Waals surface area contributed by atoms with Gasteiger partial charge in [0.25, 0.3) is 6.43 Å². The Bertz CT molecular complexity index is 1380. The second-order valence-corrected chi connectivity index (χ2v) is 8.76. The fourth-order valence-electron chi connectivity index (χ4n) is 4.02. The van der Waals surface area contributed by atoms with Gasteiger partial charge in [-0.15, -0.1) is 10.2 Å². The number of anilines is 1. The van der Waals surface area contributed by atoms with Crippen LogP contribution in [0.1, 0.15) is 30.5 Å². The lowest BCUT2D eigenvalue weighted by molar-refractivity contribution is -0.122. The SMILES string of the molecule is Cc1nnc(CCC(=O)C2COCCN2c2nc(-n3c(C(F)F)nc4ccccc43)ncc2Br)o1. The first-order valence-electron chi connectivity index (χ1n) is 10.9. The van der Waals surface area contributed by atoms with E-state index in [-0.39, 0.29) is 24.8 Å². The summed E-state index contributed by atoms with van der Waals surface area (Å²) in [4.78, 5) is 27.9. The molecule has 0 saturated carbocycles. The van der Waals surface area contributed by atoms with Crippen molar-refractivity contribution in [1.82, 2.24) is 29.7 Å². The summed E-state index contributed by atoms with van der Waals surface area (Å²) in [6, 6.07) is 6.17. The maximum absolute atomic E-state index is 13.8. The predicted molar refractivity (Wildman–Crippen MR) is 124 cm³/mol. The fourth-order valence-corrected chi connectivity index (χ4v) is 4.44. The summed E-state index contributed by atoms with van der Waals surface area (Å²) in [5.74, 6) is 0.714. The third kappa shape index (κ3) is 4.65. The van der Waals surface area contributed by atoms with E-state index in [4.69, 9.17) is 9.15 Å². The molecule has 182 valence electrons. The topological polar surface area (TPSA) is 112 Å². The average Bonchev–Trinajstić information content (AvgIpc) is 3.46. The van der Waals surface area contributed by atoms with Gasteiger partial charge in [-0.1, -0.05) is 12.1 Å². The Morgan fingerprint density at radius 2 is 2.09 bits per heavy atom. The lowest BCUT2D eigenvalue weighted by Gasteiger charge is -2.36. The second-order valence-electron chi connectivity index (χ2n) is 7.90. The van der Waals surface area contributed by atoms with Gasteiger partial charge in [-0.2, -0.15) is 4.98 Å². The Hall–Kier alpha value is -3.32. The van der Waals surface area contributed by atoms with E-state index in [1.165, 1.54) is 10.8 Å². The Kier molecular flexibility index (Phi) is 6.52.